The number of halogens is 1. The van der Waals surface area contributed by atoms with E-state index in [1.165, 1.54) is 45.9 Å². The maximum absolute atomic E-state index is 14.0. The Morgan fingerprint density at radius 1 is 0.836 bits per heavy atom. The van der Waals surface area contributed by atoms with Gasteiger partial charge in [0, 0.05) is 94.9 Å². The van der Waals surface area contributed by atoms with Crippen LogP contribution in [0.2, 0.25) is 5.02 Å². The molecule has 0 aliphatic carbocycles. The lowest BCUT2D eigenvalue weighted by Crippen LogP contribution is -2.46. The van der Waals surface area contributed by atoms with Crippen LogP contribution in [-0.4, -0.2) is 77.2 Å². The predicted molar refractivity (Wildman–Crippen MR) is 257 cm³/mol. The molecular formula is C48H54ClN7O3S2. The van der Waals surface area contributed by atoms with Crippen LogP contribution in [0.5, 0.6) is 0 Å². The van der Waals surface area contributed by atoms with Gasteiger partial charge in [-0.1, -0.05) is 54.1 Å². The van der Waals surface area contributed by atoms with Gasteiger partial charge in [0.15, 0.2) is 11.0 Å². The summed E-state index contributed by atoms with van der Waals surface area (Å²) >= 11 is 8.03. The van der Waals surface area contributed by atoms with E-state index in [-0.39, 0.29) is 11.7 Å². The zero-order valence-electron chi connectivity index (χ0n) is 35.4. The largest absolute Gasteiger partial charge is 0.380 e. The monoisotopic (exact) mass is 875 g/mol. The number of piperazine rings is 1. The Labute approximate surface area is 371 Å². The van der Waals surface area contributed by atoms with Crippen LogP contribution in [0, 0.1) is 24.0 Å². The highest BCUT2D eigenvalue weighted by Crippen LogP contribution is 2.40. The predicted octanol–water partition coefficient (Wildman–Crippen LogP) is 11.0. The average Bonchev–Trinajstić information content (AvgIpc) is 3.53. The van der Waals surface area contributed by atoms with E-state index in [9.17, 15) is 14.3 Å². The van der Waals surface area contributed by atoms with Crippen molar-refractivity contribution in [3.8, 4) is 22.4 Å². The Hall–Kier alpha value is -5.27. The smallest absolute Gasteiger partial charge is 0.270 e. The molecule has 0 saturated carbocycles. The molecule has 318 valence electrons. The summed E-state index contributed by atoms with van der Waals surface area (Å²) in [6.07, 6.45) is 0.838. The normalized spacial score (nSPS) is 14.0. The van der Waals surface area contributed by atoms with Crippen LogP contribution in [0.3, 0.4) is 0 Å². The summed E-state index contributed by atoms with van der Waals surface area (Å²) in [6.45, 7) is 11.8. The maximum atomic E-state index is 14.0. The molecule has 5 aromatic carbocycles. The van der Waals surface area contributed by atoms with Gasteiger partial charge >= 0.3 is 0 Å². The SMILES string of the molecule is CCn1c(C)c(C)c(-c2cccc(N3CCN(c4ccc(NS(=O)c5cc([N+](=O)[O-])ccc5NC(CCN(C)C)CSc5ccccc5)cc4)CC3)c2)c1-c1ccc(Cl)cc1. The van der Waals surface area contributed by atoms with E-state index < -0.39 is 15.9 Å². The molecule has 2 heterocycles. The van der Waals surface area contributed by atoms with Crippen LogP contribution in [0.1, 0.15) is 24.6 Å². The summed E-state index contributed by atoms with van der Waals surface area (Å²) in [5.74, 6) is 0.773. The molecule has 13 heteroatoms. The molecule has 6 aromatic rings. The molecule has 2 unspecified atom stereocenters. The Morgan fingerprint density at radius 2 is 1.52 bits per heavy atom. The number of rotatable bonds is 17. The fraction of sp³-hybridized carbons (Fsp3) is 0.292. The summed E-state index contributed by atoms with van der Waals surface area (Å²) < 4.78 is 19.5. The highest BCUT2D eigenvalue weighted by atomic mass is 35.5. The zero-order valence-corrected chi connectivity index (χ0v) is 37.8. The van der Waals surface area contributed by atoms with Crippen LogP contribution >= 0.6 is 23.4 Å². The molecule has 10 nitrogen and oxygen atoms in total. The van der Waals surface area contributed by atoms with Crippen LogP contribution < -0.4 is 19.8 Å². The van der Waals surface area contributed by atoms with E-state index in [0.717, 1.165) is 72.6 Å². The van der Waals surface area contributed by atoms with Gasteiger partial charge in [-0.15, -0.1) is 11.8 Å². The number of nitro benzene ring substituents is 1. The number of benzene rings is 5. The number of nitrogens with zero attached hydrogens (tertiary/aromatic N) is 5. The Kier molecular flexibility index (Phi) is 14.4. The van der Waals surface area contributed by atoms with Crippen molar-refractivity contribution in [3.63, 3.8) is 0 Å². The summed E-state index contributed by atoms with van der Waals surface area (Å²) in [5.41, 5.74) is 10.9. The van der Waals surface area contributed by atoms with Gasteiger partial charge in [-0.25, -0.2) is 4.21 Å². The van der Waals surface area contributed by atoms with Gasteiger partial charge in [0.1, 0.15) is 0 Å². The molecule has 1 saturated heterocycles. The van der Waals surface area contributed by atoms with Gasteiger partial charge in [0.2, 0.25) is 0 Å². The minimum absolute atomic E-state index is 0.0311. The first-order valence-corrected chi connectivity index (χ1v) is 23.2. The van der Waals surface area contributed by atoms with Crippen LogP contribution in [0.15, 0.2) is 131 Å². The van der Waals surface area contributed by atoms with Crippen molar-refractivity contribution in [3.05, 3.63) is 148 Å². The average molecular weight is 877 g/mol. The lowest BCUT2D eigenvalue weighted by molar-refractivity contribution is -0.385. The number of non-ortho nitro benzene ring substituents is 1. The lowest BCUT2D eigenvalue weighted by Gasteiger charge is -2.37. The number of aromatic nitrogens is 1. The first-order chi connectivity index (χ1) is 29.5. The Morgan fingerprint density at radius 3 is 2.18 bits per heavy atom. The molecule has 2 atom stereocenters. The fourth-order valence-electron chi connectivity index (χ4n) is 7.95. The highest BCUT2D eigenvalue weighted by Gasteiger charge is 2.24. The number of nitrogens with one attached hydrogen (secondary N) is 2. The van der Waals surface area contributed by atoms with Gasteiger partial charge in [0.05, 0.1) is 21.2 Å². The molecule has 1 aromatic heterocycles. The van der Waals surface area contributed by atoms with Gasteiger partial charge in [-0.05, 0) is 131 Å². The van der Waals surface area contributed by atoms with Gasteiger partial charge in [-0.3, -0.25) is 10.1 Å². The first kappa shape index (κ1) is 43.8. The van der Waals surface area contributed by atoms with Crippen molar-refractivity contribution < 1.29 is 9.13 Å². The molecule has 0 spiro atoms. The highest BCUT2D eigenvalue weighted by molar-refractivity contribution is 7.99. The number of hydrogen-bond acceptors (Lipinski definition) is 8. The van der Waals surface area contributed by atoms with E-state index in [0.29, 0.717) is 16.3 Å². The summed E-state index contributed by atoms with van der Waals surface area (Å²) in [7, 11) is 2.30. The number of nitro groups is 1. The molecule has 2 N–H and O–H groups in total. The summed E-state index contributed by atoms with van der Waals surface area (Å²) in [5, 5.41) is 16.1. The quantitative estimate of drug-likeness (QED) is 0.0531. The van der Waals surface area contributed by atoms with Gasteiger partial charge < -0.3 is 29.3 Å². The minimum Gasteiger partial charge on any atom is -0.380 e. The van der Waals surface area contributed by atoms with Crippen molar-refractivity contribution in [2.75, 3.05) is 72.4 Å². The van der Waals surface area contributed by atoms with Crippen LogP contribution in [0.25, 0.3) is 22.4 Å². The molecule has 61 heavy (non-hydrogen) atoms. The van der Waals surface area contributed by atoms with Gasteiger partial charge in [0.25, 0.3) is 5.69 Å². The van der Waals surface area contributed by atoms with Crippen molar-refractivity contribution in [2.45, 2.75) is 49.6 Å². The lowest BCUT2D eigenvalue weighted by atomic mass is 9.97. The topological polar surface area (TPSA) is 98.9 Å². The van der Waals surface area contributed by atoms with E-state index >= 15 is 0 Å². The maximum Gasteiger partial charge on any atom is 0.270 e. The molecule has 7 rings (SSSR count). The Bertz CT molecular complexity index is 2450. The Balaban J connectivity index is 1.02. The molecule has 0 amide bonds. The second-order valence-electron chi connectivity index (χ2n) is 15.6. The van der Waals surface area contributed by atoms with E-state index in [1.807, 2.05) is 68.7 Å². The molecule has 0 bridgehead atoms. The molecule has 1 aliphatic rings. The van der Waals surface area contributed by atoms with Crippen molar-refractivity contribution in [1.82, 2.24) is 9.47 Å². The van der Waals surface area contributed by atoms with E-state index in [4.69, 9.17) is 11.6 Å². The molecule has 1 fully saturated rings. The molecule has 0 radical (unpaired) electrons. The van der Waals surface area contributed by atoms with Crippen LogP contribution in [0.4, 0.5) is 28.4 Å². The van der Waals surface area contributed by atoms with Crippen molar-refractivity contribution in [1.29, 1.82) is 0 Å². The van der Waals surface area contributed by atoms with Crippen LogP contribution in [-0.2, 0) is 17.5 Å². The molecule has 1 aliphatic heterocycles. The minimum atomic E-state index is -1.77. The van der Waals surface area contributed by atoms with Crippen molar-refractivity contribution in [2.24, 2.45) is 0 Å². The third-order valence-corrected chi connectivity index (χ3v) is 13.9. The van der Waals surface area contributed by atoms with Crippen molar-refractivity contribution >= 4 is 62.8 Å². The third-order valence-electron chi connectivity index (χ3n) is 11.3. The molecular weight excluding hydrogens is 822 g/mol. The zero-order chi connectivity index (χ0) is 43.0. The number of anilines is 4. The summed E-state index contributed by atoms with van der Waals surface area (Å²) in [6, 6.07) is 39.8. The summed E-state index contributed by atoms with van der Waals surface area (Å²) in [4.78, 5) is 19.8. The second kappa shape index (κ2) is 20.1. The second-order valence-corrected chi connectivity index (χ2v) is 18.3. The standard InChI is InChI=1S/C48H54ClN7O3S2/c1-6-55-35(3)34(2)47(48(55)36-15-17-38(49)18-16-36)37-11-10-12-42(31-37)54-29-27-53(28-30-54)41-21-19-39(20-22-41)51-61(59)46-32-43(56(57)58)23-24-45(46)50-40(25-26-52(4)5)33-60-44-13-8-7-9-14-44/h7-24,31-32,40,50-51H,6,25-30,33H2,1-5H3. The number of hydrogen-bond donors (Lipinski definition) is 2. The first-order valence-electron chi connectivity index (χ1n) is 20.7. The number of thioether (sulfide) groups is 1. The van der Waals surface area contributed by atoms with Gasteiger partial charge in [-0.2, -0.15) is 0 Å². The van der Waals surface area contributed by atoms with E-state index in [1.54, 1.807) is 17.8 Å². The fourth-order valence-corrected chi connectivity index (χ4v) is 10.1. The third kappa shape index (κ3) is 10.6. The van der Waals surface area contributed by atoms with E-state index in [2.05, 4.69) is 98.6 Å².